The molecule has 4 nitrogen and oxygen atoms in total. The smallest absolute Gasteiger partial charge is 0.0699 e. The number of benzene rings is 11. The van der Waals surface area contributed by atoms with Crippen molar-refractivity contribution < 1.29 is 0 Å². The predicted molar refractivity (Wildman–Crippen MR) is 284 cm³/mol. The summed E-state index contributed by atoms with van der Waals surface area (Å²) < 4.78 is 0. The van der Waals surface area contributed by atoms with Crippen LogP contribution in [0.5, 0.6) is 0 Å². The van der Waals surface area contributed by atoms with Crippen molar-refractivity contribution in [3.05, 3.63) is 243 Å². The fourth-order valence-electron chi connectivity index (χ4n) is 10.5. The van der Waals surface area contributed by atoms with Crippen molar-refractivity contribution in [2.24, 2.45) is 0 Å². The summed E-state index contributed by atoms with van der Waals surface area (Å²) in [6.45, 7) is 0. The fourth-order valence-corrected chi connectivity index (χ4v) is 10.5. The van der Waals surface area contributed by atoms with Crippen molar-refractivity contribution in [1.82, 2.24) is 0 Å². The maximum atomic E-state index is 3.70. The number of nitrogens with zero attached hydrogens (tertiary/aromatic N) is 3. The third kappa shape index (κ3) is 6.37. The minimum atomic E-state index is 1.08. The highest BCUT2D eigenvalue weighted by molar-refractivity contribution is 6.23. The molecular formula is C63H44N4. The average molecular weight is 857 g/mol. The Morgan fingerprint density at radius 3 is 1.03 bits per heavy atom. The lowest BCUT2D eigenvalue weighted by molar-refractivity contribution is 1.13. The SMILES string of the molecule is CN1c2ccccc2N(c2ccc3c(-c4ccc(-c5ccccc5)cc4)c4cc(N5c6ccccc6Nc6ccccc65)ccc4c(-c4ccc(-c5ccccc5)cc4)c3c2)c2ccccc21. The molecule has 2 aliphatic heterocycles. The van der Waals surface area contributed by atoms with E-state index < -0.39 is 0 Å². The van der Waals surface area contributed by atoms with Gasteiger partial charge in [-0.25, -0.2) is 0 Å². The zero-order chi connectivity index (χ0) is 44.4. The van der Waals surface area contributed by atoms with E-state index in [1.165, 1.54) is 77.4 Å². The molecule has 2 aliphatic rings. The quantitative estimate of drug-likeness (QED) is 0.168. The van der Waals surface area contributed by atoms with Crippen molar-refractivity contribution in [3.63, 3.8) is 0 Å². The van der Waals surface area contributed by atoms with Gasteiger partial charge in [0.25, 0.3) is 0 Å². The van der Waals surface area contributed by atoms with Gasteiger partial charge in [-0.15, -0.1) is 0 Å². The van der Waals surface area contributed by atoms with Crippen LogP contribution in [0, 0.1) is 0 Å². The monoisotopic (exact) mass is 856 g/mol. The van der Waals surface area contributed by atoms with Gasteiger partial charge in [0, 0.05) is 18.4 Å². The average Bonchev–Trinajstić information content (AvgIpc) is 3.40. The first-order valence-electron chi connectivity index (χ1n) is 23.0. The van der Waals surface area contributed by atoms with Crippen molar-refractivity contribution in [2.45, 2.75) is 0 Å². The Kier molecular flexibility index (Phi) is 9.04. The van der Waals surface area contributed by atoms with E-state index in [4.69, 9.17) is 0 Å². The Labute approximate surface area is 390 Å². The van der Waals surface area contributed by atoms with Gasteiger partial charge in [0.2, 0.25) is 0 Å². The Morgan fingerprint density at radius 1 is 0.269 bits per heavy atom. The molecule has 0 spiro atoms. The van der Waals surface area contributed by atoms with E-state index in [1.807, 2.05) is 0 Å². The van der Waals surface area contributed by atoms with Crippen LogP contribution in [0.4, 0.5) is 56.9 Å². The van der Waals surface area contributed by atoms with Crippen LogP contribution in [-0.4, -0.2) is 7.05 Å². The molecule has 4 heteroatoms. The molecule has 1 N–H and O–H groups in total. The molecule has 13 rings (SSSR count). The van der Waals surface area contributed by atoms with E-state index in [0.29, 0.717) is 0 Å². The highest BCUT2D eigenvalue weighted by Crippen LogP contribution is 2.54. The second-order valence-corrected chi connectivity index (χ2v) is 17.5. The van der Waals surface area contributed by atoms with Crippen LogP contribution < -0.4 is 20.0 Å². The Balaban J connectivity index is 1.11. The highest BCUT2D eigenvalue weighted by Gasteiger charge is 2.29. The van der Waals surface area contributed by atoms with E-state index in [0.717, 1.165) is 45.5 Å². The zero-order valence-electron chi connectivity index (χ0n) is 36.9. The molecule has 2 heterocycles. The molecule has 0 atom stereocenters. The summed E-state index contributed by atoms with van der Waals surface area (Å²) in [5.41, 5.74) is 20.8. The number of nitrogens with one attached hydrogen (secondary N) is 1. The third-order valence-corrected chi connectivity index (χ3v) is 13.7. The van der Waals surface area contributed by atoms with Crippen LogP contribution in [0.3, 0.4) is 0 Å². The Bertz CT molecular complexity index is 3580. The lowest BCUT2D eigenvalue weighted by Gasteiger charge is -2.38. The van der Waals surface area contributed by atoms with Gasteiger partial charge in [-0.3, -0.25) is 0 Å². The number of para-hydroxylation sites is 8. The zero-order valence-corrected chi connectivity index (χ0v) is 36.9. The molecule has 67 heavy (non-hydrogen) atoms. The second kappa shape index (κ2) is 15.7. The van der Waals surface area contributed by atoms with Crippen molar-refractivity contribution in [1.29, 1.82) is 0 Å². The number of hydrogen-bond donors (Lipinski definition) is 1. The van der Waals surface area contributed by atoms with Crippen molar-refractivity contribution in [2.75, 3.05) is 27.1 Å². The van der Waals surface area contributed by atoms with Crippen LogP contribution in [-0.2, 0) is 0 Å². The topological polar surface area (TPSA) is 21.8 Å². The molecule has 0 aromatic heterocycles. The van der Waals surface area contributed by atoms with E-state index in [-0.39, 0.29) is 0 Å². The van der Waals surface area contributed by atoms with Crippen LogP contribution in [0.25, 0.3) is 66.1 Å². The van der Waals surface area contributed by atoms with E-state index in [1.54, 1.807) is 0 Å². The predicted octanol–water partition coefficient (Wildman–Crippen LogP) is 17.7. The lowest BCUT2D eigenvalue weighted by atomic mass is 9.84. The first-order valence-corrected chi connectivity index (χ1v) is 23.0. The van der Waals surface area contributed by atoms with E-state index >= 15 is 0 Å². The molecule has 0 fully saturated rings. The van der Waals surface area contributed by atoms with Crippen molar-refractivity contribution in [3.8, 4) is 44.5 Å². The van der Waals surface area contributed by atoms with Crippen molar-refractivity contribution >= 4 is 78.4 Å². The van der Waals surface area contributed by atoms with Gasteiger partial charge >= 0.3 is 0 Å². The normalized spacial score (nSPS) is 12.6. The Morgan fingerprint density at radius 2 is 0.597 bits per heavy atom. The molecule has 0 aliphatic carbocycles. The molecule has 0 radical (unpaired) electrons. The van der Waals surface area contributed by atoms with Gasteiger partial charge in [0.05, 0.1) is 45.5 Å². The molecule has 0 unspecified atom stereocenters. The van der Waals surface area contributed by atoms with E-state index in [9.17, 15) is 0 Å². The Hall–Kier alpha value is -8.86. The first kappa shape index (κ1) is 38.6. The van der Waals surface area contributed by atoms with Gasteiger partial charge in [0.15, 0.2) is 0 Å². The second-order valence-electron chi connectivity index (χ2n) is 17.5. The molecular weight excluding hydrogens is 813 g/mol. The van der Waals surface area contributed by atoms with Gasteiger partial charge < -0.3 is 20.0 Å². The molecule has 0 saturated carbocycles. The first-order chi connectivity index (χ1) is 33.2. The number of hydrogen-bond acceptors (Lipinski definition) is 4. The fraction of sp³-hybridized carbons (Fsp3) is 0.0159. The highest BCUT2D eigenvalue weighted by atomic mass is 15.3. The maximum absolute atomic E-state index is 3.70. The maximum Gasteiger partial charge on any atom is 0.0699 e. The molecule has 0 amide bonds. The van der Waals surface area contributed by atoms with Gasteiger partial charge in [-0.1, -0.05) is 170 Å². The summed E-state index contributed by atoms with van der Waals surface area (Å²) in [7, 11) is 2.17. The summed E-state index contributed by atoms with van der Waals surface area (Å²) in [5.74, 6) is 0. The van der Waals surface area contributed by atoms with Crippen LogP contribution in [0.15, 0.2) is 243 Å². The number of anilines is 10. The molecule has 11 aromatic rings. The summed E-state index contributed by atoms with van der Waals surface area (Å²) in [6.07, 6.45) is 0. The largest absolute Gasteiger partial charge is 0.352 e. The number of rotatable bonds is 6. The summed E-state index contributed by atoms with van der Waals surface area (Å²) in [5, 5.41) is 8.48. The minimum absolute atomic E-state index is 1.08. The van der Waals surface area contributed by atoms with Gasteiger partial charge in [-0.2, -0.15) is 0 Å². The summed E-state index contributed by atoms with van der Waals surface area (Å²) in [6, 6.07) is 88.6. The summed E-state index contributed by atoms with van der Waals surface area (Å²) >= 11 is 0. The molecule has 0 bridgehead atoms. The molecule has 11 aromatic carbocycles. The van der Waals surface area contributed by atoms with Gasteiger partial charge in [0.1, 0.15) is 0 Å². The van der Waals surface area contributed by atoms with Gasteiger partial charge in [-0.05, 0) is 139 Å². The van der Waals surface area contributed by atoms with Crippen LogP contribution in [0.2, 0.25) is 0 Å². The standard InChI is InChI=1S/C63H44N4/c1-65-58-24-12-14-26-60(58)67(61-27-15-13-25-59(61)65)49-37-39-51-53(41-49)63(47-34-30-45(31-35-47)43-18-6-3-7-19-43)50-38-36-48(66-56-22-10-8-20-54(56)64-55-21-9-11-23-57(55)66)40-52(50)62(51)46-32-28-44(29-33-46)42-16-4-2-5-17-42/h2-41,64H,1H3. The molecule has 316 valence electrons. The van der Waals surface area contributed by atoms with E-state index in [2.05, 4.69) is 270 Å². The third-order valence-electron chi connectivity index (χ3n) is 13.7. The number of fused-ring (bicyclic) bond motifs is 6. The lowest BCUT2D eigenvalue weighted by Crippen LogP contribution is -2.23. The van der Waals surface area contributed by atoms with Crippen LogP contribution in [0.1, 0.15) is 0 Å². The summed E-state index contributed by atoms with van der Waals surface area (Å²) in [4.78, 5) is 7.15. The minimum Gasteiger partial charge on any atom is -0.352 e. The van der Waals surface area contributed by atoms with Crippen LogP contribution >= 0.6 is 0 Å². The molecule has 0 saturated heterocycles.